The molecule has 7 nitrogen and oxygen atoms in total. The molecule has 1 unspecified atom stereocenters. The average Bonchev–Trinajstić information content (AvgIpc) is 3.49. The van der Waals surface area contributed by atoms with Gasteiger partial charge in [-0.15, -0.1) is 0 Å². The number of hydrogen-bond acceptors (Lipinski definition) is 4. The van der Waals surface area contributed by atoms with Crippen LogP contribution in [-0.2, 0) is 24.0 Å². The lowest BCUT2D eigenvalue weighted by atomic mass is 9.98. The summed E-state index contributed by atoms with van der Waals surface area (Å²) in [5.74, 6) is 0.631. The van der Waals surface area contributed by atoms with Crippen LogP contribution in [0.2, 0.25) is 5.02 Å². The summed E-state index contributed by atoms with van der Waals surface area (Å²) >= 11 is 4.26. The van der Waals surface area contributed by atoms with Crippen LogP contribution in [0.15, 0.2) is 102 Å². The Morgan fingerprint density at radius 3 is 2.57 bits per heavy atom. The number of benzene rings is 4. The van der Waals surface area contributed by atoms with Gasteiger partial charge in [-0.2, -0.15) is 0 Å². The Morgan fingerprint density at radius 1 is 1.00 bits per heavy atom. The minimum Gasteiger partial charge on any atom is -0.497 e. The molecule has 0 saturated carbocycles. The normalized spacial score (nSPS) is 12.6. The van der Waals surface area contributed by atoms with E-state index in [-0.39, 0.29) is 16.8 Å². The first-order valence-electron chi connectivity index (χ1n) is 13.6. The third-order valence-corrected chi connectivity index (χ3v) is 8.23. The molecular formula is C33H32ClN3O4S. The van der Waals surface area contributed by atoms with Crippen LogP contribution in [0.4, 0.5) is 0 Å². The fraction of sp³-hybridized carbons (Fsp3) is 0.182. The fourth-order valence-electron chi connectivity index (χ4n) is 5.15. The smallest absolute Gasteiger partial charge is 0.252 e. The molecule has 5 aromatic rings. The van der Waals surface area contributed by atoms with Gasteiger partial charge in [-0.25, -0.2) is 4.21 Å². The number of hydrogen-bond donors (Lipinski definition) is 4. The van der Waals surface area contributed by atoms with Crippen LogP contribution in [0, 0.1) is 0 Å². The van der Waals surface area contributed by atoms with Crippen LogP contribution >= 0.6 is 11.6 Å². The van der Waals surface area contributed by atoms with Gasteiger partial charge in [-0.3, -0.25) is 4.79 Å². The second-order valence-corrected chi connectivity index (χ2v) is 11.3. The largest absolute Gasteiger partial charge is 0.497 e. The Bertz CT molecular complexity index is 1710. The quantitative estimate of drug-likeness (QED) is 0.0953. The van der Waals surface area contributed by atoms with E-state index in [0.717, 1.165) is 23.3 Å². The first kappa shape index (κ1) is 29.5. The minimum absolute atomic E-state index is 0.113. The summed E-state index contributed by atoms with van der Waals surface area (Å²) in [4.78, 5) is 17.1. The summed E-state index contributed by atoms with van der Waals surface area (Å²) < 4.78 is 27.3. The number of H-pyrrole nitrogens is 1. The molecule has 5 rings (SSSR count). The maximum absolute atomic E-state index is 13.7. The van der Waals surface area contributed by atoms with Gasteiger partial charge < -0.3 is 24.9 Å². The molecule has 1 amide bonds. The van der Waals surface area contributed by atoms with Crippen LogP contribution < -0.4 is 15.4 Å². The fourth-order valence-corrected chi connectivity index (χ4v) is 6.07. The zero-order valence-electron chi connectivity index (χ0n) is 23.1. The Hall–Kier alpha value is -3.95. The van der Waals surface area contributed by atoms with Crippen molar-refractivity contribution < 1.29 is 18.3 Å². The second-order valence-electron chi connectivity index (χ2n) is 9.97. The highest BCUT2D eigenvalue weighted by Crippen LogP contribution is 2.38. The van der Waals surface area contributed by atoms with E-state index in [9.17, 15) is 13.6 Å². The van der Waals surface area contributed by atoms with E-state index in [4.69, 9.17) is 16.3 Å². The summed E-state index contributed by atoms with van der Waals surface area (Å²) in [5.41, 5.74) is 4.55. The number of rotatable bonds is 12. The van der Waals surface area contributed by atoms with Gasteiger partial charge in [-0.1, -0.05) is 66.2 Å². The molecule has 2 atom stereocenters. The highest BCUT2D eigenvalue weighted by molar-refractivity contribution is 7.79. The van der Waals surface area contributed by atoms with E-state index >= 15 is 0 Å². The Morgan fingerprint density at radius 2 is 1.79 bits per heavy atom. The van der Waals surface area contributed by atoms with Crippen molar-refractivity contribution in [1.29, 1.82) is 0 Å². The molecule has 4 N–H and O–H groups in total. The lowest BCUT2D eigenvalue weighted by molar-refractivity contribution is 0.0936. The van der Waals surface area contributed by atoms with Gasteiger partial charge in [0.15, 0.2) is 11.1 Å². The molecule has 0 bridgehead atoms. The summed E-state index contributed by atoms with van der Waals surface area (Å²) in [7, 11) is 1.66. The van der Waals surface area contributed by atoms with Crippen molar-refractivity contribution in [1.82, 2.24) is 15.6 Å². The Kier molecular flexibility index (Phi) is 9.71. The monoisotopic (exact) mass is 601 g/mol. The van der Waals surface area contributed by atoms with Gasteiger partial charge in [0.2, 0.25) is 0 Å². The van der Waals surface area contributed by atoms with E-state index < -0.39 is 11.1 Å². The predicted octanol–water partition coefficient (Wildman–Crippen LogP) is 6.60. The molecular weight excluding hydrogens is 570 g/mol. The van der Waals surface area contributed by atoms with Crippen LogP contribution in [0.25, 0.3) is 22.0 Å². The van der Waals surface area contributed by atoms with Crippen molar-refractivity contribution in [3.05, 3.63) is 119 Å². The van der Waals surface area contributed by atoms with Crippen molar-refractivity contribution in [3.8, 4) is 16.9 Å². The van der Waals surface area contributed by atoms with Gasteiger partial charge in [-0.05, 0) is 66.9 Å². The van der Waals surface area contributed by atoms with Crippen LogP contribution in [-0.4, -0.2) is 39.3 Å². The topological polar surface area (TPSA) is 103 Å². The minimum atomic E-state index is -2.23. The van der Waals surface area contributed by atoms with E-state index in [1.54, 1.807) is 43.6 Å². The maximum Gasteiger partial charge on any atom is 0.252 e. The first-order valence-corrected chi connectivity index (χ1v) is 15.1. The highest BCUT2D eigenvalue weighted by Gasteiger charge is 2.21. The summed E-state index contributed by atoms with van der Waals surface area (Å²) in [6, 6.07) is 28.2. The number of ether oxygens (including phenoxy) is 1. The van der Waals surface area contributed by atoms with Crippen molar-refractivity contribution in [2.75, 3.05) is 13.7 Å². The van der Waals surface area contributed by atoms with Crippen LogP contribution in [0.5, 0.6) is 5.75 Å². The van der Waals surface area contributed by atoms with Gasteiger partial charge in [0.1, 0.15) is 5.75 Å². The van der Waals surface area contributed by atoms with E-state index in [1.165, 1.54) is 0 Å². The Labute approximate surface area is 252 Å². The molecule has 4 aromatic carbocycles. The number of carbonyl (C=O) groups is 1. The number of halogens is 1. The third-order valence-electron chi connectivity index (χ3n) is 7.19. The van der Waals surface area contributed by atoms with E-state index in [2.05, 4.69) is 27.8 Å². The van der Waals surface area contributed by atoms with Gasteiger partial charge in [0, 0.05) is 45.9 Å². The van der Waals surface area contributed by atoms with Crippen molar-refractivity contribution in [2.45, 2.75) is 30.3 Å². The first-order chi connectivity index (χ1) is 20.4. The average molecular weight is 602 g/mol. The second kappa shape index (κ2) is 13.8. The zero-order chi connectivity index (χ0) is 29.5. The van der Waals surface area contributed by atoms with Crippen molar-refractivity contribution in [2.24, 2.45) is 0 Å². The van der Waals surface area contributed by atoms with Gasteiger partial charge in [0.25, 0.3) is 5.91 Å². The molecule has 0 radical (unpaired) electrons. The number of fused-ring (bicyclic) bond motifs is 1. The number of amides is 1. The lowest BCUT2D eigenvalue weighted by Crippen LogP contribution is -2.38. The van der Waals surface area contributed by atoms with Crippen LogP contribution in [0.3, 0.4) is 0 Å². The van der Waals surface area contributed by atoms with E-state index in [1.807, 2.05) is 48.5 Å². The molecule has 9 heteroatoms. The highest BCUT2D eigenvalue weighted by atomic mass is 35.5. The molecule has 42 heavy (non-hydrogen) atoms. The molecule has 0 aliphatic heterocycles. The molecule has 0 fully saturated rings. The van der Waals surface area contributed by atoms with Gasteiger partial charge in [0.05, 0.1) is 17.5 Å². The number of methoxy groups -OCH3 is 1. The molecule has 0 aliphatic carbocycles. The third kappa shape index (κ3) is 6.91. The predicted molar refractivity (Wildman–Crippen MR) is 168 cm³/mol. The van der Waals surface area contributed by atoms with Crippen molar-refractivity contribution >= 4 is 39.5 Å². The Balaban J connectivity index is 1.35. The van der Waals surface area contributed by atoms with Gasteiger partial charge >= 0.3 is 0 Å². The zero-order valence-corrected chi connectivity index (χ0v) is 24.7. The number of aromatic amines is 1. The SMILES string of the molecule is COc1cccc(CNCC[C@H](Cc2ccccc2)NC(=O)c2ccc(-c3c(Cl)cccc3S(=O)O)c3[nH]ccc23)c1. The summed E-state index contributed by atoms with van der Waals surface area (Å²) in [6.45, 7) is 1.40. The lowest BCUT2D eigenvalue weighted by Gasteiger charge is -2.20. The molecule has 0 spiro atoms. The van der Waals surface area contributed by atoms with Crippen LogP contribution in [0.1, 0.15) is 27.9 Å². The molecule has 216 valence electrons. The number of nitrogens with one attached hydrogen (secondary N) is 3. The standard InChI is InChI=1S/C33H32ClN3O4S/c1-41-25-10-5-9-23(20-25)21-35-17-15-24(19-22-7-3-2-4-8-22)37-33(38)27-13-14-28(32-26(27)16-18-36-32)31-29(34)11-6-12-30(31)42(39)40/h2-14,16,18,20,24,35-36H,15,17,19,21H2,1H3,(H,37,38)(H,39,40)/t24-/m1/s1. The maximum atomic E-state index is 13.7. The van der Waals surface area contributed by atoms with E-state index in [0.29, 0.717) is 52.1 Å². The molecule has 1 heterocycles. The number of aromatic nitrogens is 1. The molecule has 0 saturated heterocycles. The molecule has 1 aromatic heterocycles. The summed E-state index contributed by atoms with van der Waals surface area (Å²) in [5, 5.41) is 7.79. The summed E-state index contributed by atoms with van der Waals surface area (Å²) in [6.07, 6.45) is 3.17. The number of carbonyl (C=O) groups excluding carboxylic acids is 1. The molecule has 0 aliphatic rings. The van der Waals surface area contributed by atoms with Crippen molar-refractivity contribution in [3.63, 3.8) is 0 Å².